The van der Waals surface area contributed by atoms with Crippen molar-refractivity contribution >= 4 is 17.7 Å². The quantitative estimate of drug-likeness (QED) is 0.400. The molecule has 7 heteroatoms. The zero-order valence-electron chi connectivity index (χ0n) is 16.7. The summed E-state index contributed by atoms with van der Waals surface area (Å²) in [4.78, 5) is 5.00. The Balaban J connectivity index is 1.94. The lowest BCUT2D eigenvalue weighted by Crippen LogP contribution is -2.21. The van der Waals surface area contributed by atoms with E-state index < -0.39 is 0 Å². The third-order valence-corrected chi connectivity index (χ3v) is 5.32. The topological polar surface area (TPSA) is 84.0 Å². The highest BCUT2D eigenvalue weighted by atomic mass is 16.5. The van der Waals surface area contributed by atoms with Crippen molar-refractivity contribution in [3.05, 3.63) is 40.7 Å². The van der Waals surface area contributed by atoms with Gasteiger partial charge in [0, 0.05) is 16.8 Å². The number of ether oxygens (including phenoxy) is 1. The summed E-state index contributed by atoms with van der Waals surface area (Å²) in [5, 5.41) is 20.3. The SMILES string of the molecule is COc1ccc(-c2c(C)nn3c(NC(C)/C=N/O)c4c(nc23)CCC4)c(C)c1. The zero-order chi connectivity index (χ0) is 19.8. The Labute approximate surface area is 164 Å². The van der Waals surface area contributed by atoms with Gasteiger partial charge >= 0.3 is 0 Å². The van der Waals surface area contributed by atoms with Gasteiger partial charge in [0.1, 0.15) is 11.6 Å². The monoisotopic (exact) mass is 379 g/mol. The van der Waals surface area contributed by atoms with Gasteiger partial charge < -0.3 is 15.3 Å². The smallest absolute Gasteiger partial charge is 0.165 e. The first-order valence-electron chi connectivity index (χ1n) is 9.53. The molecule has 146 valence electrons. The average molecular weight is 379 g/mol. The van der Waals surface area contributed by atoms with Crippen LogP contribution in [0.2, 0.25) is 0 Å². The zero-order valence-corrected chi connectivity index (χ0v) is 16.7. The van der Waals surface area contributed by atoms with Crippen molar-refractivity contribution in [3.8, 4) is 16.9 Å². The number of nitrogens with one attached hydrogen (secondary N) is 1. The predicted molar refractivity (Wildman–Crippen MR) is 110 cm³/mol. The van der Waals surface area contributed by atoms with Gasteiger partial charge in [-0.15, -0.1) is 0 Å². The highest BCUT2D eigenvalue weighted by Gasteiger charge is 2.25. The van der Waals surface area contributed by atoms with Gasteiger partial charge in [-0.2, -0.15) is 9.61 Å². The van der Waals surface area contributed by atoms with Crippen LogP contribution in [0.3, 0.4) is 0 Å². The van der Waals surface area contributed by atoms with E-state index in [1.807, 2.05) is 30.5 Å². The molecule has 2 N–H and O–H groups in total. The van der Waals surface area contributed by atoms with Crippen molar-refractivity contribution in [1.29, 1.82) is 0 Å². The van der Waals surface area contributed by atoms with Crippen LogP contribution in [-0.4, -0.2) is 39.2 Å². The van der Waals surface area contributed by atoms with Gasteiger partial charge in [0.2, 0.25) is 0 Å². The number of methoxy groups -OCH3 is 1. The number of benzene rings is 1. The number of rotatable bonds is 5. The van der Waals surface area contributed by atoms with E-state index in [0.29, 0.717) is 0 Å². The summed E-state index contributed by atoms with van der Waals surface area (Å²) in [5.41, 5.74) is 7.37. The van der Waals surface area contributed by atoms with Crippen molar-refractivity contribution < 1.29 is 9.94 Å². The van der Waals surface area contributed by atoms with Crippen LogP contribution < -0.4 is 10.1 Å². The molecule has 3 aromatic rings. The molecule has 1 aliphatic rings. The van der Waals surface area contributed by atoms with E-state index in [1.165, 1.54) is 11.8 Å². The molecule has 1 aromatic carbocycles. The van der Waals surface area contributed by atoms with E-state index in [1.54, 1.807) is 7.11 Å². The summed E-state index contributed by atoms with van der Waals surface area (Å²) in [6.07, 6.45) is 4.49. The highest BCUT2D eigenvalue weighted by Crippen LogP contribution is 2.36. The first-order valence-corrected chi connectivity index (χ1v) is 9.53. The van der Waals surface area contributed by atoms with Gasteiger partial charge in [0.05, 0.1) is 25.1 Å². The molecule has 28 heavy (non-hydrogen) atoms. The summed E-state index contributed by atoms with van der Waals surface area (Å²) in [5.74, 6) is 1.77. The standard InChI is InChI=1S/C21H25N5O2/c1-12-10-15(28-4)8-9-16(12)19-14(3)25-26-20(23-13(2)11-22-27)17-6-5-7-18(17)24-21(19)26/h8-11,13,23,27H,5-7H2,1-4H3/b22-11+. The molecule has 1 unspecified atom stereocenters. The minimum atomic E-state index is -0.129. The summed E-state index contributed by atoms with van der Waals surface area (Å²) in [6, 6.07) is 5.94. The molecule has 0 amide bonds. The normalized spacial score (nSPS) is 14.6. The van der Waals surface area contributed by atoms with Gasteiger partial charge in [-0.25, -0.2) is 4.98 Å². The minimum absolute atomic E-state index is 0.129. The molecule has 4 rings (SSSR count). The third kappa shape index (κ3) is 2.96. The molecule has 7 nitrogen and oxygen atoms in total. The fraction of sp³-hybridized carbons (Fsp3) is 0.381. The van der Waals surface area contributed by atoms with E-state index in [9.17, 15) is 0 Å². The van der Waals surface area contributed by atoms with Gasteiger partial charge in [0.15, 0.2) is 5.65 Å². The van der Waals surface area contributed by atoms with Crippen molar-refractivity contribution in [2.24, 2.45) is 5.16 Å². The van der Waals surface area contributed by atoms with Crippen LogP contribution in [0.5, 0.6) is 5.75 Å². The lowest BCUT2D eigenvalue weighted by Gasteiger charge is -2.16. The van der Waals surface area contributed by atoms with Gasteiger partial charge in [-0.05, 0) is 63.3 Å². The Morgan fingerprint density at radius 2 is 2.14 bits per heavy atom. The fourth-order valence-electron chi connectivity index (χ4n) is 4.00. The number of aromatic nitrogens is 3. The average Bonchev–Trinajstić information content (AvgIpc) is 3.26. The van der Waals surface area contributed by atoms with Crippen LogP contribution >= 0.6 is 0 Å². The molecule has 0 aliphatic heterocycles. The third-order valence-electron chi connectivity index (χ3n) is 5.32. The maximum Gasteiger partial charge on any atom is 0.165 e. The van der Waals surface area contributed by atoms with Crippen LogP contribution in [0.15, 0.2) is 23.4 Å². The lowest BCUT2D eigenvalue weighted by molar-refractivity contribution is 0.320. The van der Waals surface area contributed by atoms with E-state index in [4.69, 9.17) is 20.0 Å². The predicted octanol–water partition coefficient (Wildman–Crippen LogP) is 3.77. The van der Waals surface area contributed by atoms with Crippen LogP contribution in [-0.2, 0) is 12.8 Å². The van der Waals surface area contributed by atoms with Crippen molar-refractivity contribution in [2.45, 2.75) is 46.1 Å². The molecular formula is C21H25N5O2. The molecule has 0 spiro atoms. The fourth-order valence-corrected chi connectivity index (χ4v) is 4.00. The van der Waals surface area contributed by atoms with E-state index >= 15 is 0 Å². The summed E-state index contributed by atoms with van der Waals surface area (Å²) in [6.45, 7) is 6.03. The van der Waals surface area contributed by atoms with E-state index in [0.717, 1.165) is 64.6 Å². The van der Waals surface area contributed by atoms with Crippen LogP contribution in [0.25, 0.3) is 16.8 Å². The van der Waals surface area contributed by atoms with Gasteiger partial charge in [-0.3, -0.25) is 0 Å². The van der Waals surface area contributed by atoms with Crippen molar-refractivity contribution in [1.82, 2.24) is 14.6 Å². The number of hydrogen-bond acceptors (Lipinski definition) is 6. The molecule has 0 saturated heterocycles. The summed E-state index contributed by atoms with van der Waals surface area (Å²) < 4.78 is 7.26. The molecule has 0 bridgehead atoms. The van der Waals surface area contributed by atoms with Crippen LogP contribution in [0.1, 0.15) is 35.9 Å². The van der Waals surface area contributed by atoms with E-state index in [2.05, 4.69) is 23.5 Å². The van der Waals surface area contributed by atoms with E-state index in [-0.39, 0.29) is 6.04 Å². The number of oxime groups is 1. The molecule has 2 aromatic heterocycles. The second kappa shape index (κ2) is 7.14. The van der Waals surface area contributed by atoms with Gasteiger partial charge in [0.25, 0.3) is 0 Å². The van der Waals surface area contributed by atoms with Crippen LogP contribution in [0.4, 0.5) is 5.82 Å². The second-order valence-corrected chi connectivity index (χ2v) is 7.31. The maximum atomic E-state index is 8.88. The largest absolute Gasteiger partial charge is 0.497 e. The number of nitrogens with zero attached hydrogens (tertiary/aromatic N) is 4. The first kappa shape index (κ1) is 18.3. The van der Waals surface area contributed by atoms with Crippen molar-refractivity contribution in [3.63, 3.8) is 0 Å². The number of aryl methyl sites for hydroxylation is 3. The highest BCUT2D eigenvalue weighted by molar-refractivity contribution is 5.84. The number of hydrogen-bond donors (Lipinski definition) is 2. The molecule has 0 radical (unpaired) electrons. The molecule has 1 aliphatic carbocycles. The Bertz CT molecular complexity index is 1070. The number of fused-ring (bicyclic) bond motifs is 2. The van der Waals surface area contributed by atoms with Crippen LogP contribution in [0, 0.1) is 13.8 Å². The number of anilines is 1. The Kier molecular flexibility index (Phi) is 4.66. The second-order valence-electron chi connectivity index (χ2n) is 7.31. The van der Waals surface area contributed by atoms with Gasteiger partial charge in [-0.1, -0.05) is 11.2 Å². The Morgan fingerprint density at radius 1 is 1.32 bits per heavy atom. The molecule has 0 saturated carbocycles. The van der Waals surface area contributed by atoms with Crippen molar-refractivity contribution in [2.75, 3.05) is 12.4 Å². The lowest BCUT2D eigenvalue weighted by atomic mass is 10.0. The molecule has 0 fully saturated rings. The maximum absolute atomic E-state index is 8.88. The Hall–Kier alpha value is -3.09. The summed E-state index contributed by atoms with van der Waals surface area (Å²) >= 11 is 0. The molecule has 1 atom stereocenters. The molecular weight excluding hydrogens is 354 g/mol. The minimum Gasteiger partial charge on any atom is -0.497 e. The Morgan fingerprint density at radius 3 is 2.86 bits per heavy atom. The first-order chi connectivity index (χ1) is 13.5. The summed E-state index contributed by atoms with van der Waals surface area (Å²) in [7, 11) is 1.68. The molecule has 2 heterocycles.